The SMILES string of the molecule is CC(C(=O)N(C)C)S(=O)CC(C)(C)N. The van der Waals surface area contributed by atoms with Crippen LogP contribution in [0.1, 0.15) is 20.8 Å². The van der Waals surface area contributed by atoms with Crippen molar-refractivity contribution in [1.29, 1.82) is 0 Å². The highest BCUT2D eigenvalue weighted by Gasteiger charge is 2.25. The van der Waals surface area contributed by atoms with Crippen LogP contribution in [0.3, 0.4) is 0 Å². The molecule has 0 aromatic heterocycles. The lowest BCUT2D eigenvalue weighted by Crippen LogP contribution is -2.43. The molecule has 0 aromatic rings. The summed E-state index contributed by atoms with van der Waals surface area (Å²) in [6.07, 6.45) is 0. The largest absolute Gasteiger partial charge is 0.348 e. The van der Waals surface area contributed by atoms with Crippen molar-refractivity contribution in [3.05, 3.63) is 0 Å². The Kier molecular flexibility index (Phi) is 4.74. The summed E-state index contributed by atoms with van der Waals surface area (Å²) in [5, 5.41) is -0.479. The van der Waals surface area contributed by atoms with Gasteiger partial charge in [0, 0.05) is 36.2 Å². The van der Waals surface area contributed by atoms with Crippen molar-refractivity contribution in [3.63, 3.8) is 0 Å². The predicted octanol–water partition coefficient (Wildman–Crippen LogP) is -0.0509. The number of rotatable bonds is 4. The molecular weight excluding hydrogens is 200 g/mol. The Balaban J connectivity index is 4.34. The maximum atomic E-state index is 11.7. The van der Waals surface area contributed by atoms with E-state index in [4.69, 9.17) is 5.73 Å². The molecule has 0 heterocycles. The van der Waals surface area contributed by atoms with Crippen LogP contribution in [0.15, 0.2) is 0 Å². The van der Waals surface area contributed by atoms with E-state index in [2.05, 4.69) is 0 Å². The molecular formula is C9H20N2O2S. The topological polar surface area (TPSA) is 63.4 Å². The first-order valence-electron chi connectivity index (χ1n) is 4.52. The normalized spacial score (nSPS) is 16.1. The van der Waals surface area contributed by atoms with Crippen LogP contribution in [-0.4, -0.2) is 45.7 Å². The van der Waals surface area contributed by atoms with Gasteiger partial charge in [-0.05, 0) is 20.8 Å². The Morgan fingerprint density at radius 2 is 1.93 bits per heavy atom. The standard InChI is InChI=1S/C9H20N2O2S/c1-7(8(12)11(4)5)14(13)6-9(2,3)10/h7H,6,10H2,1-5H3. The van der Waals surface area contributed by atoms with E-state index in [0.717, 1.165) is 0 Å². The molecule has 0 aromatic carbocycles. The van der Waals surface area contributed by atoms with Crippen molar-refractivity contribution in [3.8, 4) is 0 Å². The Hall–Kier alpha value is -0.420. The van der Waals surface area contributed by atoms with Gasteiger partial charge in [0.15, 0.2) is 0 Å². The molecule has 1 amide bonds. The number of carbonyl (C=O) groups excluding carboxylic acids is 1. The first-order chi connectivity index (χ1) is 6.15. The van der Waals surface area contributed by atoms with E-state index in [-0.39, 0.29) is 5.91 Å². The van der Waals surface area contributed by atoms with Crippen LogP contribution in [0, 0.1) is 0 Å². The molecule has 84 valence electrons. The van der Waals surface area contributed by atoms with Gasteiger partial charge in [-0.15, -0.1) is 0 Å². The zero-order chi connectivity index (χ0) is 11.5. The second-order valence-electron chi connectivity index (χ2n) is 4.39. The molecule has 4 nitrogen and oxygen atoms in total. The number of nitrogens with zero attached hydrogens (tertiary/aromatic N) is 1. The van der Waals surface area contributed by atoms with Crippen molar-refractivity contribution >= 4 is 16.7 Å². The molecule has 14 heavy (non-hydrogen) atoms. The monoisotopic (exact) mass is 220 g/mol. The number of nitrogens with two attached hydrogens (primary N) is 1. The highest BCUT2D eigenvalue weighted by molar-refractivity contribution is 7.86. The van der Waals surface area contributed by atoms with Crippen LogP contribution in [0.25, 0.3) is 0 Å². The first-order valence-corrected chi connectivity index (χ1v) is 5.90. The summed E-state index contributed by atoms with van der Waals surface area (Å²) >= 11 is 0. The molecule has 0 aliphatic carbocycles. The second-order valence-corrected chi connectivity index (χ2v) is 6.15. The van der Waals surface area contributed by atoms with Crippen LogP contribution >= 0.6 is 0 Å². The summed E-state index contributed by atoms with van der Waals surface area (Å²) < 4.78 is 11.7. The zero-order valence-electron chi connectivity index (χ0n) is 9.53. The molecule has 0 aliphatic heterocycles. The second kappa shape index (κ2) is 4.89. The third-order valence-corrected chi connectivity index (χ3v) is 3.72. The quantitative estimate of drug-likeness (QED) is 0.722. The van der Waals surface area contributed by atoms with Crippen LogP contribution in [0.2, 0.25) is 0 Å². The van der Waals surface area contributed by atoms with Gasteiger partial charge in [-0.2, -0.15) is 0 Å². The van der Waals surface area contributed by atoms with E-state index >= 15 is 0 Å². The van der Waals surface area contributed by atoms with Gasteiger partial charge in [0.1, 0.15) is 5.25 Å². The van der Waals surface area contributed by atoms with Gasteiger partial charge >= 0.3 is 0 Å². The molecule has 0 spiro atoms. The van der Waals surface area contributed by atoms with E-state index in [1.807, 2.05) is 0 Å². The van der Waals surface area contributed by atoms with Gasteiger partial charge in [0.25, 0.3) is 0 Å². The van der Waals surface area contributed by atoms with Crippen LogP contribution in [0.4, 0.5) is 0 Å². The molecule has 0 radical (unpaired) electrons. The zero-order valence-corrected chi connectivity index (χ0v) is 10.4. The lowest BCUT2D eigenvalue weighted by Gasteiger charge is -2.22. The molecule has 0 saturated carbocycles. The number of hydrogen-bond acceptors (Lipinski definition) is 3. The van der Waals surface area contributed by atoms with Crippen molar-refractivity contribution in [1.82, 2.24) is 4.90 Å². The molecule has 0 bridgehead atoms. The highest BCUT2D eigenvalue weighted by atomic mass is 32.2. The minimum Gasteiger partial charge on any atom is -0.348 e. The van der Waals surface area contributed by atoms with Crippen molar-refractivity contribution in [2.24, 2.45) is 5.73 Å². The van der Waals surface area contributed by atoms with Crippen molar-refractivity contribution in [2.75, 3.05) is 19.8 Å². The average molecular weight is 220 g/mol. The molecule has 5 heteroatoms. The fourth-order valence-corrected chi connectivity index (χ4v) is 2.39. The summed E-state index contributed by atoms with van der Waals surface area (Å²) in [5.74, 6) is 0.223. The van der Waals surface area contributed by atoms with E-state index < -0.39 is 21.6 Å². The van der Waals surface area contributed by atoms with E-state index in [0.29, 0.717) is 5.75 Å². The van der Waals surface area contributed by atoms with Gasteiger partial charge in [-0.3, -0.25) is 9.00 Å². The van der Waals surface area contributed by atoms with Gasteiger partial charge in [-0.25, -0.2) is 0 Å². The predicted molar refractivity (Wildman–Crippen MR) is 59.4 cm³/mol. The van der Waals surface area contributed by atoms with Gasteiger partial charge in [-0.1, -0.05) is 0 Å². The van der Waals surface area contributed by atoms with Gasteiger partial charge in [0.2, 0.25) is 5.91 Å². The fraction of sp³-hybridized carbons (Fsp3) is 0.889. The van der Waals surface area contributed by atoms with E-state index in [1.54, 1.807) is 34.9 Å². The van der Waals surface area contributed by atoms with Crippen molar-refractivity contribution in [2.45, 2.75) is 31.6 Å². The van der Waals surface area contributed by atoms with Crippen LogP contribution < -0.4 is 5.73 Å². The summed E-state index contributed by atoms with van der Waals surface area (Å²) in [5.41, 5.74) is 5.24. The van der Waals surface area contributed by atoms with Crippen LogP contribution in [0.5, 0.6) is 0 Å². The highest BCUT2D eigenvalue weighted by Crippen LogP contribution is 2.06. The molecule has 2 unspecified atom stereocenters. The fourth-order valence-electron chi connectivity index (χ4n) is 0.968. The number of amides is 1. The molecule has 2 N–H and O–H groups in total. The van der Waals surface area contributed by atoms with Crippen LogP contribution in [-0.2, 0) is 15.6 Å². The molecule has 0 aliphatic rings. The Labute approximate surface area is 88.3 Å². The van der Waals surface area contributed by atoms with E-state index in [1.165, 1.54) is 4.90 Å². The summed E-state index contributed by atoms with van der Waals surface area (Å²) in [6.45, 7) is 5.28. The minimum atomic E-state index is -1.20. The lowest BCUT2D eigenvalue weighted by atomic mass is 10.1. The smallest absolute Gasteiger partial charge is 0.237 e. The minimum absolute atomic E-state index is 0.118. The molecule has 0 fully saturated rings. The molecule has 0 rings (SSSR count). The Morgan fingerprint density at radius 3 is 2.21 bits per heavy atom. The van der Waals surface area contributed by atoms with Gasteiger partial charge in [0.05, 0.1) is 0 Å². The van der Waals surface area contributed by atoms with Crippen molar-refractivity contribution < 1.29 is 9.00 Å². The molecule has 0 saturated heterocycles. The molecule has 2 atom stereocenters. The van der Waals surface area contributed by atoms with E-state index in [9.17, 15) is 9.00 Å². The summed E-state index contributed by atoms with van der Waals surface area (Å²) in [7, 11) is 2.11. The third-order valence-electron chi connectivity index (χ3n) is 1.70. The van der Waals surface area contributed by atoms with Gasteiger partial charge < -0.3 is 10.6 Å². The first kappa shape index (κ1) is 13.6. The lowest BCUT2D eigenvalue weighted by molar-refractivity contribution is -0.127. The average Bonchev–Trinajstić information content (AvgIpc) is 1.98. The Morgan fingerprint density at radius 1 is 1.50 bits per heavy atom. The number of hydrogen-bond donors (Lipinski definition) is 1. The summed E-state index contributed by atoms with van der Waals surface area (Å²) in [6, 6.07) is 0. The Bertz CT molecular complexity index is 233. The maximum Gasteiger partial charge on any atom is 0.237 e. The summed E-state index contributed by atoms with van der Waals surface area (Å²) in [4.78, 5) is 12.9. The third kappa shape index (κ3) is 4.72. The maximum absolute atomic E-state index is 11.7. The number of carbonyl (C=O) groups is 1.